The van der Waals surface area contributed by atoms with Gasteiger partial charge in [0.2, 0.25) is 0 Å². The van der Waals surface area contributed by atoms with Crippen LogP contribution in [0.1, 0.15) is 29.6 Å². The Kier molecular flexibility index (Phi) is 5.29. The van der Waals surface area contributed by atoms with Gasteiger partial charge in [0.1, 0.15) is 0 Å². The number of benzene rings is 1. The first-order valence-corrected chi connectivity index (χ1v) is 6.28. The van der Waals surface area contributed by atoms with Crippen LogP contribution in [0.5, 0.6) is 0 Å². The highest BCUT2D eigenvalue weighted by molar-refractivity contribution is 6.43. The fraction of sp³-hybridized carbons (Fsp3) is 0.417. The van der Waals surface area contributed by atoms with Crippen molar-refractivity contribution in [3.63, 3.8) is 0 Å². The van der Waals surface area contributed by atoms with Crippen LogP contribution in [0.2, 0.25) is 10.0 Å². The van der Waals surface area contributed by atoms with Crippen LogP contribution in [0.15, 0.2) is 18.2 Å². The van der Waals surface area contributed by atoms with Gasteiger partial charge in [-0.1, -0.05) is 29.3 Å². The third-order valence-electron chi connectivity index (χ3n) is 3.15. The number of nitrogens with one attached hydrogen (secondary N) is 1. The maximum Gasteiger partial charge on any atom is 0.252 e. The predicted octanol–water partition coefficient (Wildman–Crippen LogP) is 3.03. The fourth-order valence-electron chi connectivity index (χ4n) is 1.84. The lowest BCUT2D eigenvalue weighted by atomic mass is 9.78. The van der Waals surface area contributed by atoms with Gasteiger partial charge in [0, 0.05) is 12.1 Å². The summed E-state index contributed by atoms with van der Waals surface area (Å²) >= 11 is 11.8. The highest BCUT2D eigenvalue weighted by Gasteiger charge is 2.32. The molecule has 1 aliphatic carbocycles. The van der Waals surface area contributed by atoms with Crippen molar-refractivity contribution in [3.8, 4) is 0 Å². The number of rotatable bonds is 3. The molecule has 0 heterocycles. The minimum atomic E-state index is -0.235. The highest BCUT2D eigenvalue weighted by Crippen LogP contribution is 2.29. The monoisotopic (exact) mass is 308 g/mol. The Balaban J connectivity index is 0.00000162. The molecule has 6 heteroatoms. The molecule has 0 bridgehead atoms. The summed E-state index contributed by atoms with van der Waals surface area (Å²) in [5.74, 6) is -0.228. The number of carbonyl (C=O) groups is 1. The number of halogens is 3. The molecule has 2 rings (SSSR count). The molecule has 0 radical (unpaired) electrons. The number of nitrogens with two attached hydrogens (primary N) is 1. The fourth-order valence-corrected chi connectivity index (χ4v) is 2.22. The van der Waals surface area contributed by atoms with Crippen LogP contribution in [-0.4, -0.2) is 18.0 Å². The molecule has 1 fully saturated rings. The Morgan fingerprint density at radius 2 is 2.06 bits per heavy atom. The van der Waals surface area contributed by atoms with E-state index in [0.717, 1.165) is 19.3 Å². The molecule has 3 N–H and O–H groups in total. The molecule has 0 aromatic heterocycles. The quantitative estimate of drug-likeness (QED) is 0.901. The Hall–Kier alpha value is -0.480. The second kappa shape index (κ2) is 6.11. The second-order valence-corrected chi connectivity index (χ2v) is 5.29. The number of hydrogen-bond donors (Lipinski definition) is 2. The smallest absolute Gasteiger partial charge is 0.252 e. The van der Waals surface area contributed by atoms with E-state index < -0.39 is 0 Å². The summed E-state index contributed by atoms with van der Waals surface area (Å²) in [7, 11) is 0. The van der Waals surface area contributed by atoms with E-state index in [0.29, 0.717) is 17.1 Å². The first-order valence-electron chi connectivity index (χ1n) is 5.53. The van der Waals surface area contributed by atoms with Gasteiger partial charge in [-0.05, 0) is 31.4 Å². The summed E-state index contributed by atoms with van der Waals surface area (Å²) in [5.41, 5.74) is 6.18. The Morgan fingerprint density at radius 1 is 1.39 bits per heavy atom. The van der Waals surface area contributed by atoms with Crippen molar-refractivity contribution >= 4 is 41.5 Å². The lowest BCUT2D eigenvalue weighted by Crippen LogP contribution is -2.54. The molecular weight excluding hydrogens is 295 g/mol. The highest BCUT2D eigenvalue weighted by atomic mass is 35.5. The molecule has 0 unspecified atom stereocenters. The first-order chi connectivity index (χ1) is 8.02. The number of amides is 1. The van der Waals surface area contributed by atoms with Gasteiger partial charge in [0.05, 0.1) is 15.6 Å². The van der Waals surface area contributed by atoms with E-state index in [9.17, 15) is 4.79 Å². The molecule has 0 aliphatic heterocycles. The van der Waals surface area contributed by atoms with Crippen LogP contribution in [0.4, 0.5) is 0 Å². The van der Waals surface area contributed by atoms with Crippen molar-refractivity contribution in [1.82, 2.24) is 5.32 Å². The molecule has 18 heavy (non-hydrogen) atoms. The van der Waals surface area contributed by atoms with E-state index in [2.05, 4.69) is 5.32 Å². The molecule has 1 saturated carbocycles. The van der Waals surface area contributed by atoms with Crippen molar-refractivity contribution in [2.75, 3.05) is 6.54 Å². The van der Waals surface area contributed by atoms with Crippen molar-refractivity contribution in [2.24, 2.45) is 5.73 Å². The van der Waals surface area contributed by atoms with Crippen LogP contribution < -0.4 is 11.1 Å². The summed E-state index contributed by atoms with van der Waals surface area (Å²) in [6.45, 7) is 0.481. The zero-order valence-corrected chi connectivity index (χ0v) is 12.0. The Bertz CT molecular complexity index is 447. The predicted molar refractivity (Wildman–Crippen MR) is 76.8 cm³/mol. The van der Waals surface area contributed by atoms with E-state index in [4.69, 9.17) is 28.9 Å². The molecule has 1 amide bonds. The van der Waals surface area contributed by atoms with Crippen LogP contribution >= 0.6 is 35.6 Å². The van der Waals surface area contributed by atoms with Gasteiger partial charge >= 0.3 is 0 Å². The molecule has 1 aliphatic rings. The van der Waals surface area contributed by atoms with Gasteiger partial charge in [-0.25, -0.2) is 0 Å². The van der Waals surface area contributed by atoms with E-state index >= 15 is 0 Å². The minimum Gasteiger partial charge on any atom is -0.350 e. The van der Waals surface area contributed by atoms with Crippen molar-refractivity contribution in [1.29, 1.82) is 0 Å². The zero-order valence-electron chi connectivity index (χ0n) is 9.71. The Morgan fingerprint density at radius 3 is 2.61 bits per heavy atom. The summed E-state index contributed by atoms with van der Waals surface area (Å²) < 4.78 is 0. The lowest BCUT2D eigenvalue weighted by molar-refractivity contribution is 0.0930. The van der Waals surface area contributed by atoms with Crippen LogP contribution in [-0.2, 0) is 0 Å². The molecule has 0 saturated heterocycles. The number of hydrogen-bond acceptors (Lipinski definition) is 2. The van der Waals surface area contributed by atoms with Crippen molar-refractivity contribution < 1.29 is 4.79 Å². The zero-order chi connectivity index (χ0) is 12.5. The Labute approximate surface area is 122 Å². The number of carbonyl (C=O) groups excluding carboxylic acids is 1. The van der Waals surface area contributed by atoms with E-state index in [1.54, 1.807) is 18.2 Å². The summed E-state index contributed by atoms with van der Waals surface area (Å²) in [4.78, 5) is 11.9. The average Bonchev–Trinajstić information content (AvgIpc) is 2.27. The van der Waals surface area contributed by atoms with Crippen molar-refractivity contribution in [3.05, 3.63) is 33.8 Å². The molecule has 100 valence electrons. The molecule has 1 aromatic carbocycles. The average molecular weight is 310 g/mol. The van der Waals surface area contributed by atoms with Crippen LogP contribution in [0.25, 0.3) is 0 Å². The molecule has 1 aromatic rings. The second-order valence-electron chi connectivity index (χ2n) is 4.50. The van der Waals surface area contributed by atoms with Gasteiger partial charge in [0.15, 0.2) is 0 Å². The van der Waals surface area contributed by atoms with Gasteiger partial charge in [0.25, 0.3) is 5.91 Å². The van der Waals surface area contributed by atoms with Gasteiger partial charge in [-0.2, -0.15) is 0 Å². The van der Waals surface area contributed by atoms with Crippen molar-refractivity contribution in [2.45, 2.75) is 24.8 Å². The van der Waals surface area contributed by atoms with Crippen LogP contribution in [0.3, 0.4) is 0 Å². The summed E-state index contributed by atoms with van der Waals surface area (Å²) in [6, 6.07) is 5.00. The van der Waals surface area contributed by atoms with Gasteiger partial charge in [-0.3, -0.25) is 4.79 Å². The lowest BCUT2D eigenvalue weighted by Gasteiger charge is -2.38. The minimum absolute atomic E-state index is 0. The van der Waals surface area contributed by atoms with Crippen LogP contribution in [0, 0.1) is 0 Å². The topological polar surface area (TPSA) is 55.1 Å². The third-order valence-corrected chi connectivity index (χ3v) is 3.97. The summed E-state index contributed by atoms with van der Waals surface area (Å²) in [5, 5.41) is 3.47. The molecule has 0 atom stereocenters. The third kappa shape index (κ3) is 3.29. The summed E-state index contributed by atoms with van der Waals surface area (Å²) in [6.07, 6.45) is 3.04. The molecule has 0 spiro atoms. The van der Waals surface area contributed by atoms with E-state index in [1.165, 1.54) is 0 Å². The maximum atomic E-state index is 11.9. The van der Waals surface area contributed by atoms with E-state index in [1.807, 2.05) is 0 Å². The standard InChI is InChI=1S/C12H14Cl2N2O.ClH/c13-9-4-1-3-8(10(9)14)11(17)16-7-12(15)5-2-6-12;/h1,3-4H,2,5-7,15H2,(H,16,17);1H. The molecule has 3 nitrogen and oxygen atoms in total. The SMILES string of the molecule is Cl.NC1(CNC(=O)c2cccc(Cl)c2Cl)CCC1. The first kappa shape index (κ1) is 15.6. The largest absolute Gasteiger partial charge is 0.350 e. The van der Waals surface area contributed by atoms with E-state index in [-0.39, 0.29) is 28.9 Å². The molecular formula is C12H15Cl3N2O. The van der Waals surface area contributed by atoms with Gasteiger partial charge in [-0.15, -0.1) is 12.4 Å². The normalized spacial score (nSPS) is 16.4. The van der Waals surface area contributed by atoms with Gasteiger partial charge < -0.3 is 11.1 Å². The maximum absolute atomic E-state index is 11.9.